The highest BCUT2D eigenvalue weighted by Crippen LogP contribution is 2.31. The van der Waals surface area contributed by atoms with Crippen LogP contribution in [0, 0.1) is 53.5 Å². The van der Waals surface area contributed by atoms with Gasteiger partial charge < -0.3 is 30.9 Å². The van der Waals surface area contributed by atoms with E-state index in [1.165, 1.54) is 53.6 Å². The van der Waals surface area contributed by atoms with Crippen LogP contribution in [0.3, 0.4) is 0 Å². The van der Waals surface area contributed by atoms with Crippen molar-refractivity contribution in [3.05, 3.63) is 365 Å². The van der Waals surface area contributed by atoms with Gasteiger partial charge in [0.2, 0.25) is 5.91 Å². The van der Waals surface area contributed by atoms with Crippen molar-refractivity contribution in [3.8, 4) is 36.0 Å². The lowest BCUT2D eigenvalue weighted by Gasteiger charge is -2.30. The van der Waals surface area contributed by atoms with Gasteiger partial charge in [-0.2, -0.15) is 0 Å². The lowest BCUT2D eigenvalue weighted by atomic mass is 9.91. The average Bonchev–Trinajstić information content (AvgIpc) is 0.786. The fraction of sp³-hybridized carbons (Fsp3) is 0.269. The predicted molar refractivity (Wildman–Crippen MR) is 550 cm³/mol. The van der Waals surface area contributed by atoms with E-state index >= 15 is 0 Å². The lowest BCUT2D eigenvalue weighted by Crippen LogP contribution is -2.41. The van der Waals surface area contributed by atoms with Gasteiger partial charge in [-0.3, -0.25) is 42.2 Å². The lowest BCUT2D eigenvalue weighted by molar-refractivity contribution is -0.122. The first-order valence-corrected chi connectivity index (χ1v) is 47.3. The van der Waals surface area contributed by atoms with Crippen molar-refractivity contribution in [1.82, 2.24) is 58.2 Å². The van der Waals surface area contributed by atoms with E-state index < -0.39 is 27.2 Å². The number of rotatable bonds is 6. The molecule has 1 amide bonds. The molecule has 5 aliphatic heterocycles. The molecule has 35 heteroatoms. The molecule has 0 spiro atoms. The van der Waals surface area contributed by atoms with Gasteiger partial charge in [0.25, 0.3) is 22.2 Å². The summed E-state index contributed by atoms with van der Waals surface area (Å²) in [6.07, 6.45) is 14.0. The number of benzene rings is 10. The number of aryl methyl sites for hydroxylation is 4. The van der Waals surface area contributed by atoms with Gasteiger partial charge in [0.1, 0.15) is 40.7 Å². The number of nitrogens with one attached hydrogen (secondary N) is 1. The minimum Gasteiger partial charge on any atom is -0.478 e. The molecule has 0 saturated carbocycles. The molecule has 5 atom stereocenters. The van der Waals surface area contributed by atoms with Crippen LogP contribution in [0.15, 0.2) is 257 Å². The SMILES string of the molecule is C.C.C#Cc1cccc(F)c1.CN(C)C1CCc2nc3cc(Br)ccc3c(=O)n2C1.CN(C)C1CCc2nc3cc(C#Cc4cccc(F)c4)ccc3c(=O)n2C1.CN(C)C1CCc2nc3cc(C#Cc4cccc(F)c4)ccc3c(=O)n2C1.Cl.Nc1cc(Br)ccc1C(=O)O.O=C1CCC(c2ccccc2)CN1.O=S(=O)=O.O=S(=O)=O.O=c1c2ccc(Br)cc2nc2n1CC(c1ccccc1)CC2. The third-order valence-electron chi connectivity index (χ3n) is 23.0. The zero-order valence-corrected chi connectivity index (χ0v) is 82.5. The molecule has 5 aliphatic rings. The van der Waals surface area contributed by atoms with Crippen LogP contribution in [-0.4, -0.2) is 162 Å². The molecule has 0 radical (unpaired) electrons. The van der Waals surface area contributed by atoms with E-state index in [9.17, 15) is 41.9 Å². The van der Waals surface area contributed by atoms with E-state index in [-0.39, 0.29) is 84.1 Å². The number of anilines is 1. The second-order valence-corrected chi connectivity index (χ2v) is 36.3. The number of likely N-dealkylation sites (N-methyl/N-ethyl adjacent to an activating group) is 3. The number of amides is 1. The number of nitrogens with zero attached hydrogens (tertiary/aromatic N) is 11. The summed E-state index contributed by atoms with van der Waals surface area (Å²) in [6.45, 7) is 3.59. The van der Waals surface area contributed by atoms with Gasteiger partial charge in [0, 0.05) is 142 Å². The Bertz CT molecular complexity index is 7240. The molecule has 4 N–H and O–H groups in total. The van der Waals surface area contributed by atoms with E-state index in [1.807, 2.05) is 122 Å². The quantitative estimate of drug-likeness (QED) is 0.103. The number of carboxylic acid groups (broad SMARTS) is 1. The van der Waals surface area contributed by atoms with Crippen molar-refractivity contribution in [2.24, 2.45) is 0 Å². The molecule has 9 heterocycles. The number of carboxylic acids is 1. The minimum atomic E-state index is -3.11. The minimum absolute atomic E-state index is 0. The van der Waals surface area contributed by atoms with Gasteiger partial charge in [-0.05, 0) is 231 Å². The van der Waals surface area contributed by atoms with Gasteiger partial charge >= 0.3 is 27.2 Å². The van der Waals surface area contributed by atoms with Gasteiger partial charge in [-0.1, -0.05) is 171 Å². The first-order valence-electron chi connectivity index (χ1n) is 43.0. The normalized spacial score (nSPS) is 15.3. The molecule has 0 bridgehead atoms. The van der Waals surface area contributed by atoms with Gasteiger partial charge in [0.15, 0.2) is 0 Å². The molecular weight excluding hydrogens is 2040 g/mol. The van der Waals surface area contributed by atoms with Gasteiger partial charge in [-0.25, -0.2) is 37.9 Å². The molecule has 19 rings (SSSR count). The van der Waals surface area contributed by atoms with Crippen LogP contribution >= 0.6 is 60.2 Å². The maximum Gasteiger partial charge on any atom is 0.425 e. The summed E-state index contributed by atoms with van der Waals surface area (Å²) in [5.74, 6) is 17.0. The van der Waals surface area contributed by atoms with Crippen molar-refractivity contribution in [3.63, 3.8) is 0 Å². The summed E-state index contributed by atoms with van der Waals surface area (Å²) in [5, 5.41) is 14.1. The molecule has 4 aromatic heterocycles. The predicted octanol–water partition coefficient (Wildman–Crippen LogP) is 16.5. The van der Waals surface area contributed by atoms with Crippen molar-refractivity contribution in [1.29, 1.82) is 0 Å². The number of hydrogen-bond acceptors (Lipinski definition) is 20. The van der Waals surface area contributed by atoms with Crippen LogP contribution in [0.25, 0.3) is 43.6 Å². The molecule has 139 heavy (non-hydrogen) atoms. The van der Waals surface area contributed by atoms with Crippen molar-refractivity contribution in [2.45, 2.75) is 135 Å². The maximum atomic E-state index is 13.3. The third kappa shape index (κ3) is 31.7. The van der Waals surface area contributed by atoms with Crippen molar-refractivity contribution in [2.75, 3.05) is 54.6 Å². The van der Waals surface area contributed by atoms with Crippen LogP contribution in [0.4, 0.5) is 18.9 Å². The maximum absolute atomic E-state index is 13.3. The Hall–Kier alpha value is -13.2. The number of piperidine rings is 1. The number of carbonyl (C=O) groups excluding carboxylic acids is 1. The zero-order chi connectivity index (χ0) is 98.0. The number of aromatic carboxylic acids is 1. The molecular formula is C104H104Br3ClF3N13O13S2. The molecule has 14 aromatic rings. The van der Waals surface area contributed by atoms with Crippen molar-refractivity contribution < 1.29 is 53.1 Å². The van der Waals surface area contributed by atoms with Crippen molar-refractivity contribution >= 4 is 143 Å². The first-order chi connectivity index (χ1) is 65.1. The van der Waals surface area contributed by atoms with Crippen LogP contribution in [0.5, 0.6) is 0 Å². The summed E-state index contributed by atoms with van der Waals surface area (Å²) >= 11 is 10.0. The summed E-state index contributed by atoms with van der Waals surface area (Å²) in [4.78, 5) is 97.7. The summed E-state index contributed by atoms with van der Waals surface area (Å²) in [5.41, 5.74) is 14.8. The van der Waals surface area contributed by atoms with E-state index in [1.54, 1.807) is 69.8 Å². The molecule has 5 unspecified atom stereocenters. The number of carbonyl (C=O) groups is 2. The Balaban J connectivity index is 0.000000200. The Morgan fingerprint density at radius 2 is 0.719 bits per heavy atom. The standard InChI is InChI=1S/2C22H20FN3O.C18H15BrN2O.C14H16BrN3O.C11H13NO.C8H5F.C7H6BrNO2.2CH4.ClH.2O3S/c2*1-25(2)18-9-11-21-24-20-13-16(7-6-15-4-3-5-17(23)12-15)8-10-19(20)22(27)26(21)14-18;19-14-7-8-15-16(10-14)20-17-9-6-13(11-21(17)18(15)22)12-4-2-1-3-5-12;1-17(2)10-4-6-13-16-12-7-9(15)3-5-11(12)14(19)18(13)8-10;13-11-7-6-10(8-12-11)9-4-2-1-3-5-9;1-2-7-4-3-5-8(9)6-7;8-4-1-2-5(7(10)11)6(9)3-4;;;;2*1-4(2)3/h2*3-5,8,10,12-13,18H,9,11,14H2,1-2H3;1-5,7-8,10,13H,6,9,11H2;3,5,7,10H,4,6,8H2,1-2H3;1-5,10H,6-8H2,(H,12,13);1,3-6H;1-3H,9H2,(H,10,11);2*1H4;1H;;. The number of terminal acetylenes is 1. The molecule has 26 nitrogen and oxygen atoms in total. The summed E-state index contributed by atoms with van der Waals surface area (Å²) in [7, 11) is 6.06. The van der Waals surface area contributed by atoms with E-state index in [0.717, 1.165) is 136 Å². The number of fused-ring (bicyclic) bond motifs is 8. The number of halogens is 7. The Labute approximate surface area is 837 Å². The third-order valence-corrected chi connectivity index (χ3v) is 24.5. The molecule has 724 valence electrons. The topological polar surface area (TPSA) is 344 Å². The van der Waals surface area contributed by atoms with Crippen LogP contribution < -0.4 is 33.3 Å². The molecule has 10 aromatic carbocycles. The van der Waals surface area contributed by atoms with E-state index in [0.29, 0.717) is 98.7 Å². The van der Waals surface area contributed by atoms with Gasteiger partial charge in [0.05, 0.1) is 49.2 Å². The molecule has 1 saturated heterocycles. The highest BCUT2D eigenvalue weighted by molar-refractivity contribution is 9.11. The first kappa shape index (κ1) is 111. The number of nitrogen functional groups attached to an aromatic ring is 1. The zero-order valence-electron chi connectivity index (χ0n) is 75.3. The fourth-order valence-corrected chi connectivity index (χ4v) is 16.9. The summed E-state index contributed by atoms with van der Waals surface area (Å²) in [6, 6.07) is 67.1. The average molecular weight is 2140 g/mol. The number of aromatic nitrogens is 8. The van der Waals surface area contributed by atoms with Crippen LogP contribution in [-0.2, 0) is 77.9 Å². The van der Waals surface area contributed by atoms with Crippen LogP contribution in [0.2, 0.25) is 0 Å². The molecule has 0 aliphatic carbocycles. The van der Waals surface area contributed by atoms with E-state index in [2.05, 4.69) is 153 Å². The van der Waals surface area contributed by atoms with Crippen LogP contribution in [0.1, 0.15) is 138 Å². The molecule has 1 fully saturated rings. The van der Waals surface area contributed by atoms with E-state index in [4.69, 9.17) is 57.5 Å². The second-order valence-electron chi connectivity index (χ2n) is 32.7. The largest absolute Gasteiger partial charge is 0.478 e. The Morgan fingerprint density at radius 3 is 1.05 bits per heavy atom. The van der Waals surface area contributed by atoms with Gasteiger partial charge in [-0.15, -0.1) is 44.1 Å². The second kappa shape index (κ2) is 53.1. The summed E-state index contributed by atoms with van der Waals surface area (Å²) < 4.78 is 99.4. The number of nitrogens with two attached hydrogens (primary N) is 1. The fourth-order valence-electron chi connectivity index (χ4n) is 15.8. The highest BCUT2D eigenvalue weighted by Gasteiger charge is 2.28. The smallest absolute Gasteiger partial charge is 0.425 e. The number of hydrogen-bond donors (Lipinski definition) is 3. The Kier molecular flexibility index (Phi) is 42.5. The highest BCUT2D eigenvalue weighted by atomic mass is 79.9. The monoisotopic (exact) mass is 2140 g/mol. The Morgan fingerprint density at radius 1 is 0.410 bits per heavy atom.